The minimum absolute atomic E-state index is 0.122. The Labute approximate surface area is 177 Å². The minimum Gasteiger partial charge on any atom is -0.455 e. The van der Waals surface area contributed by atoms with Crippen molar-refractivity contribution in [2.75, 3.05) is 13.7 Å². The van der Waals surface area contributed by atoms with Crippen molar-refractivity contribution in [2.24, 2.45) is 0 Å². The number of aromatic nitrogens is 2. The SMILES string of the molecule is CCOC(=O)Oc1ncc2[nH]c3cccc(Oc4ccccc4Cl)c3c2c1COC. The molecule has 4 rings (SSSR count). The van der Waals surface area contributed by atoms with Gasteiger partial charge < -0.3 is 23.9 Å². The molecule has 0 fully saturated rings. The van der Waals surface area contributed by atoms with Gasteiger partial charge in [-0.05, 0) is 31.2 Å². The van der Waals surface area contributed by atoms with E-state index in [1.54, 1.807) is 32.4 Å². The molecule has 1 N–H and O–H groups in total. The molecular weight excluding hydrogens is 408 g/mol. The van der Waals surface area contributed by atoms with Crippen LogP contribution in [0.1, 0.15) is 12.5 Å². The second kappa shape index (κ2) is 8.61. The second-order valence-corrected chi connectivity index (χ2v) is 6.79. The molecule has 0 amide bonds. The summed E-state index contributed by atoms with van der Waals surface area (Å²) in [5.41, 5.74) is 2.19. The van der Waals surface area contributed by atoms with Gasteiger partial charge >= 0.3 is 6.16 Å². The Hall–Kier alpha value is -3.29. The van der Waals surface area contributed by atoms with Gasteiger partial charge in [0.2, 0.25) is 5.88 Å². The highest BCUT2D eigenvalue weighted by Crippen LogP contribution is 2.40. The van der Waals surface area contributed by atoms with Crippen LogP contribution in [0.25, 0.3) is 21.8 Å². The number of carbonyl (C=O) groups is 1. The molecule has 8 heteroatoms. The molecule has 2 aromatic heterocycles. The topological polar surface area (TPSA) is 82.7 Å². The van der Waals surface area contributed by atoms with Crippen LogP contribution >= 0.6 is 11.6 Å². The Balaban J connectivity index is 1.91. The van der Waals surface area contributed by atoms with E-state index in [0.29, 0.717) is 22.1 Å². The van der Waals surface area contributed by atoms with E-state index >= 15 is 0 Å². The van der Waals surface area contributed by atoms with Gasteiger partial charge in [0.1, 0.15) is 11.5 Å². The van der Waals surface area contributed by atoms with Crippen molar-refractivity contribution in [1.29, 1.82) is 0 Å². The number of para-hydroxylation sites is 1. The molecule has 0 spiro atoms. The van der Waals surface area contributed by atoms with Crippen LogP contribution in [0.4, 0.5) is 4.79 Å². The zero-order valence-corrected chi connectivity index (χ0v) is 17.2. The molecule has 0 bridgehead atoms. The highest BCUT2D eigenvalue weighted by atomic mass is 35.5. The maximum absolute atomic E-state index is 11.9. The Morgan fingerprint density at radius 1 is 1.07 bits per heavy atom. The summed E-state index contributed by atoms with van der Waals surface area (Å²) in [7, 11) is 1.56. The van der Waals surface area contributed by atoms with Gasteiger partial charge in [-0.1, -0.05) is 29.8 Å². The first kappa shape index (κ1) is 20.0. The molecule has 4 aromatic rings. The normalized spacial score (nSPS) is 11.0. The summed E-state index contributed by atoms with van der Waals surface area (Å²) in [6, 6.07) is 12.9. The van der Waals surface area contributed by atoms with Crippen LogP contribution in [0.15, 0.2) is 48.7 Å². The highest BCUT2D eigenvalue weighted by molar-refractivity contribution is 6.32. The first-order valence-electron chi connectivity index (χ1n) is 9.30. The summed E-state index contributed by atoms with van der Waals surface area (Å²) in [6.07, 6.45) is 0.775. The van der Waals surface area contributed by atoms with Crippen molar-refractivity contribution >= 4 is 39.6 Å². The predicted molar refractivity (Wildman–Crippen MR) is 113 cm³/mol. The number of benzene rings is 2. The number of H-pyrrole nitrogens is 1. The summed E-state index contributed by atoms with van der Waals surface area (Å²) in [5.74, 6) is 1.25. The van der Waals surface area contributed by atoms with Gasteiger partial charge in [0.05, 0.1) is 46.4 Å². The van der Waals surface area contributed by atoms with E-state index in [4.69, 9.17) is 30.5 Å². The van der Waals surface area contributed by atoms with Crippen molar-refractivity contribution in [2.45, 2.75) is 13.5 Å². The molecule has 0 unspecified atom stereocenters. The van der Waals surface area contributed by atoms with Crippen LogP contribution in [-0.2, 0) is 16.1 Å². The van der Waals surface area contributed by atoms with Crippen LogP contribution in [0, 0.1) is 0 Å². The number of carbonyl (C=O) groups excluding carboxylic acids is 1. The average Bonchev–Trinajstić information content (AvgIpc) is 3.11. The fourth-order valence-electron chi connectivity index (χ4n) is 3.28. The summed E-state index contributed by atoms with van der Waals surface area (Å²) < 4.78 is 21.7. The number of pyridine rings is 1. The number of aromatic amines is 1. The van der Waals surface area contributed by atoms with Crippen molar-refractivity contribution < 1.29 is 23.7 Å². The van der Waals surface area contributed by atoms with Gasteiger partial charge in [-0.3, -0.25) is 0 Å². The third kappa shape index (κ3) is 3.77. The fourth-order valence-corrected chi connectivity index (χ4v) is 3.45. The number of hydrogen-bond donors (Lipinski definition) is 1. The smallest absolute Gasteiger partial charge is 0.455 e. The Bertz CT molecular complexity index is 1220. The lowest BCUT2D eigenvalue weighted by Gasteiger charge is -2.12. The van der Waals surface area contributed by atoms with Crippen molar-refractivity contribution in [3.63, 3.8) is 0 Å². The van der Waals surface area contributed by atoms with Crippen LogP contribution in [0.3, 0.4) is 0 Å². The molecule has 7 nitrogen and oxygen atoms in total. The molecular formula is C22H19ClN2O5. The third-order valence-electron chi connectivity index (χ3n) is 4.47. The standard InChI is InChI=1S/C22H19ClN2O5/c1-3-28-22(26)30-21-13(12-27-2)19-16(11-24-21)25-15-8-6-10-18(20(15)19)29-17-9-5-4-7-14(17)23/h4-11,25H,3,12H2,1-2H3. The molecule has 2 heterocycles. The van der Waals surface area contributed by atoms with Crippen LogP contribution in [0.2, 0.25) is 5.02 Å². The van der Waals surface area contributed by atoms with Crippen molar-refractivity contribution in [1.82, 2.24) is 9.97 Å². The summed E-state index contributed by atoms with van der Waals surface area (Å²) in [5, 5.41) is 2.08. The molecule has 0 saturated heterocycles. The number of nitrogens with zero attached hydrogens (tertiary/aromatic N) is 1. The molecule has 0 aliphatic heterocycles. The van der Waals surface area contributed by atoms with Gasteiger partial charge in [-0.15, -0.1) is 0 Å². The average molecular weight is 427 g/mol. The molecule has 154 valence electrons. The lowest BCUT2D eigenvalue weighted by Crippen LogP contribution is -2.12. The molecule has 0 atom stereocenters. The number of fused-ring (bicyclic) bond motifs is 3. The number of halogens is 1. The van der Waals surface area contributed by atoms with E-state index in [1.165, 1.54) is 0 Å². The predicted octanol–water partition coefficient (Wildman–Crippen LogP) is 5.84. The lowest BCUT2D eigenvalue weighted by atomic mass is 10.1. The van der Waals surface area contributed by atoms with E-state index < -0.39 is 6.16 Å². The van der Waals surface area contributed by atoms with E-state index in [9.17, 15) is 4.79 Å². The van der Waals surface area contributed by atoms with Gasteiger partial charge in [0.15, 0.2) is 0 Å². The Morgan fingerprint density at radius 3 is 2.63 bits per heavy atom. The number of methoxy groups -OCH3 is 1. The molecule has 0 aliphatic rings. The minimum atomic E-state index is -0.825. The molecule has 0 radical (unpaired) electrons. The second-order valence-electron chi connectivity index (χ2n) is 6.38. The first-order valence-corrected chi connectivity index (χ1v) is 9.68. The lowest BCUT2D eigenvalue weighted by molar-refractivity contribution is 0.101. The quantitative estimate of drug-likeness (QED) is 0.390. The molecule has 30 heavy (non-hydrogen) atoms. The number of rotatable bonds is 6. The van der Waals surface area contributed by atoms with Crippen LogP contribution in [0.5, 0.6) is 17.4 Å². The molecule has 0 saturated carbocycles. The fraction of sp³-hybridized carbons (Fsp3) is 0.182. The summed E-state index contributed by atoms with van der Waals surface area (Å²) in [4.78, 5) is 19.5. The van der Waals surface area contributed by atoms with E-state index in [2.05, 4.69) is 9.97 Å². The highest BCUT2D eigenvalue weighted by Gasteiger charge is 2.21. The van der Waals surface area contributed by atoms with Crippen LogP contribution < -0.4 is 9.47 Å². The zero-order valence-electron chi connectivity index (χ0n) is 16.4. The number of ether oxygens (including phenoxy) is 4. The van der Waals surface area contributed by atoms with Gasteiger partial charge in [0, 0.05) is 12.5 Å². The van der Waals surface area contributed by atoms with Gasteiger partial charge in [0.25, 0.3) is 0 Å². The monoisotopic (exact) mass is 426 g/mol. The Morgan fingerprint density at radius 2 is 1.87 bits per heavy atom. The van der Waals surface area contributed by atoms with Crippen LogP contribution in [-0.4, -0.2) is 29.8 Å². The summed E-state index contributed by atoms with van der Waals surface area (Å²) >= 11 is 6.28. The van der Waals surface area contributed by atoms with E-state index in [1.807, 2.05) is 30.3 Å². The van der Waals surface area contributed by atoms with E-state index in [0.717, 1.165) is 21.8 Å². The largest absolute Gasteiger partial charge is 0.515 e. The zero-order chi connectivity index (χ0) is 21.1. The first-order chi connectivity index (χ1) is 14.6. The maximum Gasteiger partial charge on any atom is 0.515 e. The third-order valence-corrected chi connectivity index (χ3v) is 4.79. The summed E-state index contributed by atoms with van der Waals surface area (Å²) in [6.45, 7) is 2.07. The number of hydrogen-bond acceptors (Lipinski definition) is 6. The van der Waals surface area contributed by atoms with Gasteiger partial charge in [-0.25, -0.2) is 9.78 Å². The number of nitrogens with one attached hydrogen (secondary N) is 1. The maximum atomic E-state index is 11.9. The van der Waals surface area contributed by atoms with E-state index in [-0.39, 0.29) is 19.1 Å². The van der Waals surface area contributed by atoms with Crippen molar-refractivity contribution in [3.05, 3.63) is 59.2 Å². The molecule has 2 aromatic carbocycles. The van der Waals surface area contributed by atoms with Crippen molar-refractivity contribution in [3.8, 4) is 17.4 Å². The van der Waals surface area contributed by atoms with Gasteiger partial charge in [-0.2, -0.15) is 0 Å². The molecule has 0 aliphatic carbocycles. The Kier molecular flexibility index (Phi) is 5.74.